The standard InChI is InChI=1S/C40H47N7O4.C7H4ClNO/c1-39(2)24-40(3,4)37(39)45-35(48)26-21-43-38(44-22-26)47-16-12-25(13-17-47)14-18-50-28-7-6-8-29(20-28)51-33-10-9-27(41)19-31(33)32-23-46(5)36(49)34-30(32)11-15-42-34;8-7-3-6(10)2-1-5(7)4-9/h6-11,15,19-23,25,37,42H,12-14,16-18,24,41H2,1-5H3,(H,45,48);1-3,10H. The highest BCUT2D eigenvalue weighted by Gasteiger charge is 2.53. The number of H-pyrrole nitrogens is 1. The molecule has 0 atom stereocenters. The van der Waals surface area contributed by atoms with E-state index in [9.17, 15) is 9.59 Å². The second-order valence-corrected chi connectivity index (χ2v) is 17.6. The Kier molecular flexibility index (Phi) is 12.3. The monoisotopic (exact) mass is 842 g/mol. The molecule has 1 aliphatic carbocycles. The molecule has 13 nitrogen and oxygen atoms in total. The first kappa shape index (κ1) is 42.6. The molecule has 14 heteroatoms. The molecule has 8 rings (SSSR count). The Morgan fingerprint density at radius 1 is 1.02 bits per heavy atom. The van der Waals surface area contributed by atoms with Crippen molar-refractivity contribution in [2.24, 2.45) is 23.8 Å². The molecule has 0 radical (unpaired) electrons. The van der Waals surface area contributed by atoms with E-state index in [4.69, 9.17) is 37.2 Å². The van der Waals surface area contributed by atoms with Crippen LogP contribution in [0.3, 0.4) is 0 Å². The normalized spacial score (nSPS) is 15.9. The quantitative estimate of drug-likeness (QED) is 0.0972. The summed E-state index contributed by atoms with van der Waals surface area (Å²) in [6, 6.07) is 21.3. The molecule has 5 N–H and O–H groups in total. The van der Waals surface area contributed by atoms with Gasteiger partial charge in [-0.05, 0) is 97.0 Å². The number of aromatic amines is 1. The van der Waals surface area contributed by atoms with Crippen LogP contribution in [0.25, 0.3) is 22.0 Å². The number of rotatable bonds is 10. The maximum Gasteiger partial charge on any atom is 0.274 e. The number of fused-ring (bicyclic) bond motifs is 1. The molecule has 61 heavy (non-hydrogen) atoms. The number of nitrogens with zero attached hydrogens (tertiary/aromatic N) is 5. The molecular formula is C47H51ClN8O5. The Bertz CT molecular complexity index is 2630. The van der Waals surface area contributed by atoms with E-state index in [2.05, 4.69) is 52.9 Å². The number of aryl methyl sites for hydroxylation is 1. The number of amides is 1. The van der Waals surface area contributed by atoms with Crippen LogP contribution in [0.15, 0.2) is 96.3 Å². The largest absolute Gasteiger partial charge is 0.508 e. The van der Waals surface area contributed by atoms with E-state index < -0.39 is 0 Å². The number of anilines is 2. The molecular weight excluding hydrogens is 792 g/mol. The number of benzene rings is 3. The first-order chi connectivity index (χ1) is 29.1. The number of nitrogens with two attached hydrogens (primary N) is 1. The predicted molar refractivity (Wildman–Crippen MR) is 238 cm³/mol. The number of nitriles is 1. The van der Waals surface area contributed by atoms with Gasteiger partial charge in [-0.3, -0.25) is 9.59 Å². The summed E-state index contributed by atoms with van der Waals surface area (Å²) in [6.45, 7) is 11.1. The fraction of sp³-hybridized carbons (Fsp3) is 0.340. The zero-order valence-electron chi connectivity index (χ0n) is 35.0. The zero-order valence-corrected chi connectivity index (χ0v) is 35.8. The number of nitrogen functional groups attached to an aromatic ring is 1. The summed E-state index contributed by atoms with van der Waals surface area (Å²) in [6.07, 6.45) is 10.9. The summed E-state index contributed by atoms with van der Waals surface area (Å²) in [5.74, 6) is 3.16. The molecule has 316 valence electrons. The van der Waals surface area contributed by atoms with Crippen LogP contribution >= 0.6 is 11.6 Å². The maximum absolute atomic E-state index is 12.9. The highest BCUT2D eigenvalue weighted by atomic mass is 35.5. The second-order valence-electron chi connectivity index (χ2n) is 17.2. The van der Waals surface area contributed by atoms with Gasteiger partial charge in [-0.2, -0.15) is 5.26 Å². The lowest BCUT2D eigenvalue weighted by Gasteiger charge is -2.57. The molecule has 0 bridgehead atoms. The molecule has 1 amide bonds. The topological polar surface area (TPSA) is 184 Å². The van der Waals surface area contributed by atoms with Gasteiger partial charge in [-0.15, -0.1) is 0 Å². The van der Waals surface area contributed by atoms with Crippen molar-refractivity contribution in [1.29, 1.82) is 5.26 Å². The number of phenols is 1. The molecule has 0 unspecified atom stereocenters. The van der Waals surface area contributed by atoms with E-state index in [0.29, 0.717) is 52.3 Å². The van der Waals surface area contributed by atoms with E-state index in [1.807, 2.05) is 54.7 Å². The van der Waals surface area contributed by atoms with E-state index in [1.165, 1.54) is 18.2 Å². The Morgan fingerprint density at radius 3 is 2.43 bits per heavy atom. The SMILES string of the molecule is Cn1cc(-c2cc(N)ccc2Oc2cccc(OCCC3CCN(c4ncc(C(=O)NC5C(C)(C)CC5(C)C)cn4)CC3)c2)c2cc[nH]c2c1=O.N#Cc1ccc(O)cc1Cl. The summed E-state index contributed by atoms with van der Waals surface area (Å²) in [5.41, 5.74) is 9.90. The third-order valence-corrected chi connectivity index (χ3v) is 11.9. The van der Waals surface area contributed by atoms with Crippen LogP contribution in [0.1, 0.15) is 69.3 Å². The van der Waals surface area contributed by atoms with Crippen molar-refractivity contribution in [3.05, 3.63) is 118 Å². The lowest BCUT2D eigenvalue weighted by molar-refractivity contribution is -0.0366. The molecule has 2 aliphatic rings. The Balaban J connectivity index is 0.000000494. The van der Waals surface area contributed by atoms with Crippen molar-refractivity contribution >= 4 is 40.0 Å². The number of pyridine rings is 1. The average Bonchev–Trinajstić information content (AvgIpc) is 3.73. The first-order valence-corrected chi connectivity index (χ1v) is 20.7. The lowest BCUT2D eigenvalue weighted by atomic mass is 9.52. The number of carbonyl (C=O) groups excluding carboxylic acids is 1. The molecule has 4 heterocycles. The van der Waals surface area contributed by atoms with Crippen molar-refractivity contribution in [2.75, 3.05) is 30.3 Å². The van der Waals surface area contributed by atoms with Gasteiger partial charge in [0.2, 0.25) is 5.95 Å². The number of halogens is 1. The number of hydrogen-bond acceptors (Lipinski definition) is 10. The summed E-state index contributed by atoms with van der Waals surface area (Å²) >= 11 is 5.55. The van der Waals surface area contributed by atoms with Crippen molar-refractivity contribution in [2.45, 2.75) is 59.4 Å². The number of piperidine rings is 1. The molecule has 2 fully saturated rings. The number of hydrogen-bond donors (Lipinski definition) is 4. The first-order valence-electron chi connectivity index (χ1n) is 20.4. The summed E-state index contributed by atoms with van der Waals surface area (Å²) in [4.78, 5) is 40.0. The van der Waals surface area contributed by atoms with Crippen molar-refractivity contribution in [3.63, 3.8) is 0 Å². The Labute approximate surface area is 360 Å². The molecule has 3 aromatic heterocycles. The maximum atomic E-state index is 12.9. The minimum atomic E-state index is -0.113. The Hall–Kier alpha value is -6.52. The number of carbonyl (C=O) groups is 1. The molecule has 3 aromatic carbocycles. The van der Waals surface area contributed by atoms with Crippen LogP contribution in [0, 0.1) is 28.1 Å². The summed E-state index contributed by atoms with van der Waals surface area (Å²) in [5, 5.41) is 21.5. The molecule has 1 aliphatic heterocycles. The van der Waals surface area contributed by atoms with Crippen molar-refractivity contribution < 1.29 is 19.4 Å². The minimum absolute atomic E-state index is 0.0731. The van der Waals surface area contributed by atoms with Gasteiger partial charge >= 0.3 is 0 Å². The fourth-order valence-corrected chi connectivity index (χ4v) is 9.17. The number of phenolic OH excluding ortho intramolecular Hbond substituents is 1. The van der Waals surface area contributed by atoms with E-state index >= 15 is 0 Å². The highest BCUT2D eigenvalue weighted by Crippen LogP contribution is 2.53. The van der Waals surface area contributed by atoms with E-state index in [1.54, 1.807) is 36.3 Å². The smallest absolute Gasteiger partial charge is 0.274 e. The third-order valence-electron chi connectivity index (χ3n) is 11.6. The van der Waals surface area contributed by atoms with Crippen molar-refractivity contribution in [1.82, 2.24) is 24.8 Å². The molecule has 6 aromatic rings. The van der Waals surface area contributed by atoms with Crippen LogP contribution in [0.2, 0.25) is 5.02 Å². The van der Waals surface area contributed by atoms with E-state index in [-0.39, 0.29) is 39.1 Å². The average molecular weight is 843 g/mol. The number of aromatic nitrogens is 4. The van der Waals surface area contributed by atoms with Crippen molar-refractivity contribution in [3.8, 4) is 40.2 Å². The van der Waals surface area contributed by atoms with Gasteiger partial charge in [0.05, 0.1) is 22.8 Å². The van der Waals surface area contributed by atoms with Crippen LogP contribution in [0.5, 0.6) is 23.0 Å². The Morgan fingerprint density at radius 2 is 1.74 bits per heavy atom. The summed E-state index contributed by atoms with van der Waals surface area (Å²) in [7, 11) is 1.73. The second kappa shape index (κ2) is 17.6. The minimum Gasteiger partial charge on any atom is -0.508 e. The van der Waals surface area contributed by atoms with E-state index in [0.717, 1.165) is 61.0 Å². The van der Waals surface area contributed by atoms with Crippen LogP contribution in [-0.4, -0.2) is 56.3 Å². The van der Waals surface area contributed by atoms with Crippen LogP contribution in [0.4, 0.5) is 11.6 Å². The van der Waals surface area contributed by atoms with Gasteiger partial charge in [0.25, 0.3) is 11.5 Å². The van der Waals surface area contributed by atoms with Gasteiger partial charge in [-0.25, -0.2) is 9.97 Å². The van der Waals surface area contributed by atoms with Gasteiger partial charge in [0, 0.05) is 79.2 Å². The summed E-state index contributed by atoms with van der Waals surface area (Å²) < 4.78 is 14.1. The highest BCUT2D eigenvalue weighted by molar-refractivity contribution is 6.31. The van der Waals surface area contributed by atoms with Crippen LogP contribution in [-0.2, 0) is 7.05 Å². The number of aromatic hydroxyl groups is 1. The molecule has 0 spiro atoms. The zero-order chi connectivity index (χ0) is 43.5. The molecule has 1 saturated heterocycles. The van der Waals surface area contributed by atoms with Gasteiger partial charge in [-0.1, -0.05) is 45.4 Å². The molecule has 1 saturated carbocycles. The predicted octanol–water partition coefficient (Wildman–Crippen LogP) is 8.86. The third kappa shape index (κ3) is 9.60. The lowest BCUT2D eigenvalue weighted by Crippen LogP contribution is -2.63. The fourth-order valence-electron chi connectivity index (χ4n) is 8.96. The van der Waals surface area contributed by atoms with Gasteiger partial charge in [0.1, 0.15) is 34.6 Å². The van der Waals surface area contributed by atoms with Crippen LogP contribution < -0.4 is 31.0 Å². The van der Waals surface area contributed by atoms with Gasteiger partial charge < -0.3 is 40.1 Å². The number of nitrogens with one attached hydrogen (secondary N) is 2. The number of ether oxygens (including phenoxy) is 2. The van der Waals surface area contributed by atoms with Gasteiger partial charge in [0.15, 0.2) is 0 Å².